The number of likely N-dealkylation sites (tertiary alicyclic amines) is 1. The molecule has 1 saturated heterocycles. The molecule has 2 aromatic heterocycles. The van der Waals surface area contributed by atoms with Crippen LogP contribution in [-0.2, 0) is 4.79 Å². The maximum Gasteiger partial charge on any atom is 0.233 e. The van der Waals surface area contributed by atoms with Crippen LogP contribution in [0.25, 0.3) is 10.2 Å². The fraction of sp³-hybridized carbons (Fsp3) is 0.263. The summed E-state index contributed by atoms with van der Waals surface area (Å²) >= 11 is 3.09. The van der Waals surface area contributed by atoms with Crippen LogP contribution in [0.4, 0.5) is 0 Å². The van der Waals surface area contributed by atoms with E-state index in [4.69, 9.17) is 10.00 Å². The Morgan fingerprint density at radius 3 is 3.15 bits per heavy atom. The van der Waals surface area contributed by atoms with Crippen LogP contribution in [0.3, 0.4) is 0 Å². The standard InChI is InChI=1S/C19H16N4O2S2/c20-10-13-5-7-21-17(9-13)25-14-6-8-23(11-14)18(24)12-26-19-22-15-3-1-2-4-16(15)27-19/h1-5,7,9,14H,6,8,11-12H2. The lowest BCUT2D eigenvalue weighted by molar-refractivity contribution is -0.127. The molecule has 8 heteroatoms. The number of rotatable bonds is 5. The molecule has 1 aliphatic heterocycles. The Labute approximate surface area is 164 Å². The number of fused-ring (bicyclic) bond motifs is 1. The van der Waals surface area contributed by atoms with E-state index in [2.05, 4.69) is 16.0 Å². The zero-order valence-corrected chi connectivity index (χ0v) is 16.0. The smallest absolute Gasteiger partial charge is 0.233 e. The topological polar surface area (TPSA) is 79.1 Å². The molecular formula is C19H16N4O2S2. The molecule has 0 radical (unpaired) electrons. The van der Waals surface area contributed by atoms with E-state index < -0.39 is 0 Å². The van der Waals surface area contributed by atoms with E-state index in [0.29, 0.717) is 30.3 Å². The highest BCUT2D eigenvalue weighted by Gasteiger charge is 2.28. The summed E-state index contributed by atoms with van der Waals surface area (Å²) in [5.74, 6) is 0.885. The Balaban J connectivity index is 1.30. The number of hydrogen-bond donors (Lipinski definition) is 0. The number of nitrogens with zero attached hydrogens (tertiary/aromatic N) is 4. The maximum atomic E-state index is 12.5. The molecule has 4 rings (SSSR count). The summed E-state index contributed by atoms with van der Waals surface area (Å²) in [6, 6.07) is 13.3. The zero-order valence-electron chi connectivity index (χ0n) is 14.4. The summed E-state index contributed by atoms with van der Waals surface area (Å²) in [7, 11) is 0. The molecule has 1 amide bonds. The van der Waals surface area contributed by atoms with Crippen LogP contribution in [0.1, 0.15) is 12.0 Å². The zero-order chi connectivity index (χ0) is 18.6. The van der Waals surface area contributed by atoms with Gasteiger partial charge in [-0.05, 0) is 18.2 Å². The number of benzene rings is 1. The Morgan fingerprint density at radius 2 is 2.30 bits per heavy atom. The number of thioether (sulfide) groups is 1. The molecule has 3 heterocycles. The van der Waals surface area contributed by atoms with E-state index in [1.54, 1.807) is 29.7 Å². The van der Waals surface area contributed by atoms with Crippen LogP contribution < -0.4 is 4.74 Å². The molecule has 0 N–H and O–H groups in total. The summed E-state index contributed by atoms with van der Waals surface area (Å²) in [4.78, 5) is 23.0. The van der Waals surface area contributed by atoms with E-state index >= 15 is 0 Å². The summed E-state index contributed by atoms with van der Waals surface area (Å²) < 4.78 is 7.87. The largest absolute Gasteiger partial charge is 0.472 e. The Hall–Kier alpha value is -2.63. The second-order valence-corrected chi connectivity index (χ2v) is 8.35. The van der Waals surface area contributed by atoms with Crippen LogP contribution >= 0.6 is 23.1 Å². The van der Waals surface area contributed by atoms with Gasteiger partial charge in [0.2, 0.25) is 11.8 Å². The number of pyridine rings is 1. The number of hydrogen-bond acceptors (Lipinski definition) is 7. The SMILES string of the molecule is N#Cc1ccnc(OC2CCN(C(=O)CSc3nc4ccccc4s3)C2)c1. The Morgan fingerprint density at radius 1 is 1.41 bits per heavy atom. The van der Waals surface area contributed by atoms with Crippen molar-refractivity contribution in [3.8, 4) is 11.9 Å². The van der Waals surface area contributed by atoms with Crippen LogP contribution in [0.2, 0.25) is 0 Å². The first kappa shape index (κ1) is 17.8. The lowest BCUT2D eigenvalue weighted by Gasteiger charge is -2.16. The van der Waals surface area contributed by atoms with Crippen molar-refractivity contribution in [2.75, 3.05) is 18.8 Å². The van der Waals surface area contributed by atoms with Crippen molar-refractivity contribution in [1.29, 1.82) is 5.26 Å². The molecular weight excluding hydrogens is 380 g/mol. The van der Waals surface area contributed by atoms with Gasteiger partial charge < -0.3 is 9.64 Å². The summed E-state index contributed by atoms with van der Waals surface area (Å²) in [6.07, 6.45) is 2.22. The highest BCUT2D eigenvalue weighted by molar-refractivity contribution is 8.01. The number of carbonyl (C=O) groups excluding carboxylic acids is 1. The lowest BCUT2D eigenvalue weighted by atomic mass is 10.3. The molecule has 1 fully saturated rings. The third-order valence-electron chi connectivity index (χ3n) is 4.24. The van der Waals surface area contributed by atoms with E-state index in [1.165, 1.54) is 11.8 Å². The number of thiazole rings is 1. The number of ether oxygens (including phenoxy) is 1. The van der Waals surface area contributed by atoms with Crippen molar-refractivity contribution in [2.24, 2.45) is 0 Å². The normalized spacial score (nSPS) is 16.4. The van der Waals surface area contributed by atoms with Gasteiger partial charge in [0.15, 0.2) is 4.34 Å². The van der Waals surface area contributed by atoms with Crippen LogP contribution in [0, 0.1) is 11.3 Å². The predicted octanol–water partition coefficient (Wildman–Crippen LogP) is 3.33. The van der Waals surface area contributed by atoms with E-state index in [0.717, 1.165) is 21.0 Å². The van der Waals surface area contributed by atoms with Crippen molar-refractivity contribution in [2.45, 2.75) is 16.9 Å². The number of para-hydroxylation sites is 1. The second-order valence-electron chi connectivity index (χ2n) is 6.10. The summed E-state index contributed by atoms with van der Waals surface area (Å²) in [5.41, 5.74) is 1.48. The molecule has 0 aliphatic carbocycles. The predicted molar refractivity (Wildman–Crippen MR) is 105 cm³/mol. The first-order valence-electron chi connectivity index (χ1n) is 8.50. The molecule has 0 saturated carbocycles. The molecule has 1 atom stereocenters. The number of amides is 1. The molecule has 1 aromatic carbocycles. The monoisotopic (exact) mass is 396 g/mol. The maximum absolute atomic E-state index is 12.5. The quantitative estimate of drug-likeness (QED) is 0.616. The second kappa shape index (κ2) is 7.94. The summed E-state index contributed by atoms with van der Waals surface area (Å²) in [5, 5.41) is 8.94. The first-order valence-corrected chi connectivity index (χ1v) is 10.3. The average Bonchev–Trinajstić information content (AvgIpc) is 3.33. The number of aromatic nitrogens is 2. The third-order valence-corrected chi connectivity index (χ3v) is 6.41. The van der Waals surface area contributed by atoms with Gasteiger partial charge in [0.05, 0.1) is 34.1 Å². The van der Waals surface area contributed by atoms with Crippen molar-refractivity contribution in [3.63, 3.8) is 0 Å². The van der Waals surface area contributed by atoms with Crippen molar-refractivity contribution in [1.82, 2.24) is 14.9 Å². The molecule has 0 bridgehead atoms. The number of nitriles is 1. The molecule has 1 aliphatic rings. The van der Waals surface area contributed by atoms with E-state index in [9.17, 15) is 4.79 Å². The highest BCUT2D eigenvalue weighted by Crippen LogP contribution is 2.29. The molecule has 0 spiro atoms. The van der Waals surface area contributed by atoms with Gasteiger partial charge in [0.1, 0.15) is 6.10 Å². The van der Waals surface area contributed by atoms with Gasteiger partial charge in [0.25, 0.3) is 0 Å². The van der Waals surface area contributed by atoms with Crippen LogP contribution in [0.5, 0.6) is 5.88 Å². The van der Waals surface area contributed by atoms with Gasteiger partial charge in [-0.15, -0.1) is 11.3 Å². The van der Waals surface area contributed by atoms with Gasteiger partial charge in [-0.3, -0.25) is 4.79 Å². The third kappa shape index (κ3) is 4.21. The molecule has 3 aromatic rings. The molecule has 6 nitrogen and oxygen atoms in total. The minimum atomic E-state index is -0.0946. The van der Waals surface area contributed by atoms with Crippen molar-refractivity contribution in [3.05, 3.63) is 48.2 Å². The Bertz CT molecular complexity index is 981. The van der Waals surface area contributed by atoms with Crippen molar-refractivity contribution < 1.29 is 9.53 Å². The average molecular weight is 396 g/mol. The van der Waals surface area contributed by atoms with Crippen LogP contribution in [-0.4, -0.2) is 45.7 Å². The minimum absolute atomic E-state index is 0.0871. The van der Waals surface area contributed by atoms with Gasteiger partial charge >= 0.3 is 0 Å². The number of carbonyl (C=O) groups is 1. The fourth-order valence-corrected chi connectivity index (χ4v) is 4.86. The van der Waals surface area contributed by atoms with Gasteiger partial charge in [-0.1, -0.05) is 23.9 Å². The molecule has 27 heavy (non-hydrogen) atoms. The van der Waals surface area contributed by atoms with Crippen LogP contribution in [0.15, 0.2) is 46.9 Å². The molecule has 1 unspecified atom stereocenters. The summed E-state index contributed by atoms with van der Waals surface area (Å²) in [6.45, 7) is 1.21. The van der Waals surface area contributed by atoms with Gasteiger partial charge in [-0.25, -0.2) is 9.97 Å². The van der Waals surface area contributed by atoms with Gasteiger partial charge in [-0.2, -0.15) is 5.26 Å². The fourth-order valence-electron chi connectivity index (χ4n) is 2.89. The molecule has 136 valence electrons. The first-order chi connectivity index (χ1) is 13.2. The highest BCUT2D eigenvalue weighted by atomic mass is 32.2. The Kier molecular flexibility index (Phi) is 5.23. The minimum Gasteiger partial charge on any atom is -0.472 e. The van der Waals surface area contributed by atoms with Crippen molar-refractivity contribution >= 4 is 39.2 Å². The van der Waals surface area contributed by atoms with E-state index in [-0.39, 0.29) is 12.0 Å². The van der Waals surface area contributed by atoms with Gasteiger partial charge in [0, 0.05) is 25.2 Å². The van der Waals surface area contributed by atoms with E-state index in [1.807, 2.05) is 29.2 Å². The lowest BCUT2D eigenvalue weighted by Crippen LogP contribution is -2.32.